The summed E-state index contributed by atoms with van der Waals surface area (Å²) in [5, 5.41) is 4.07. The molecule has 1 saturated carbocycles. The Kier molecular flexibility index (Phi) is 3.26. The number of fused-ring (bicyclic) bond motifs is 1. The Hall–Kier alpha value is -1.81. The van der Waals surface area contributed by atoms with Crippen molar-refractivity contribution in [1.82, 2.24) is 4.98 Å². The topological polar surface area (TPSA) is 70.9 Å². The van der Waals surface area contributed by atoms with Gasteiger partial charge < -0.3 is 16.0 Å². The second-order valence-electron chi connectivity index (χ2n) is 6.09. The van der Waals surface area contributed by atoms with Crippen molar-refractivity contribution in [3.8, 4) is 0 Å². The lowest BCUT2D eigenvalue weighted by Gasteiger charge is -2.35. The molecule has 3 rings (SSSR count). The van der Waals surface area contributed by atoms with Crippen LogP contribution in [-0.2, 0) is 4.79 Å². The van der Waals surface area contributed by atoms with Crippen LogP contribution in [0.25, 0.3) is 10.9 Å². The molecule has 106 valence electrons. The summed E-state index contributed by atoms with van der Waals surface area (Å²) in [5.41, 5.74) is 7.47. The van der Waals surface area contributed by atoms with Gasteiger partial charge in [-0.25, -0.2) is 0 Å². The summed E-state index contributed by atoms with van der Waals surface area (Å²) < 4.78 is 0. The first-order valence-electron chi connectivity index (χ1n) is 7.24. The highest BCUT2D eigenvalue weighted by Crippen LogP contribution is 2.31. The summed E-state index contributed by atoms with van der Waals surface area (Å²) in [6.45, 7) is 2.17. The average Bonchev–Trinajstić information content (AvgIpc) is 2.85. The minimum absolute atomic E-state index is 0.0565. The third kappa shape index (κ3) is 2.43. The van der Waals surface area contributed by atoms with E-state index in [1.165, 1.54) is 6.42 Å². The van der Waals surface area contributed by atoms with Crippen molar-refractivity contribution < 1.29 is 4.79 Å². The van der Waals surface area contributed by atoms with E-state index in [0.29, 0.717) is 5.92 Å². The molecule has 2 aromatic rings. The summed E-state index contributed by atoms with van der Waals surface area (Å²) in [6, 6.07) is 7.84. The minimum Gasteiger partial charge on any atom is -0.361 e. The molecular formula is C16H21N3O. The highest BCUT2D eigenvalue weighted by atomic mass is 16.2. The van der Waals surface area contributed by atoms with Crippen molar-refractivity contribution in [2.24, 2.45) is 11.7 Å². The zero-order chi connectivity index (χ0) is 14.2. The molecule has 1 aromatic heterocycles. The van der Waals surface area contributed by atoms with Gasteiger partial charge in [0.15, 0.2) is 0 Å². The molecule has 1 fully saturated rings. The molecule has 0 radical (unpaired) electrons. The fourth-order valence-electron chi connectivity index (χ4n) is 3.18. The fourth-order valence-corrected chi connectivity index (χ4v) is 3.18. The Morgan fingerprint density at radius 2 is 2.30 bits per heavy atom. The van der Waals surface area contributed by atoms with Crippen LogP contribution >= 0.6 is 0 Å². The number of rotatable bonds is 2. The first-order chi connectivity index (χ1) is 9.57. The van der Waals surface area contributed by atoms with Gasteiger partial charge >= 0.3 is 0 Å². The number of nitrogens with one attached hydrogen (secondary N) is 2. The van der Waals surface area contributed by atoms with Crippen molar-refractivity contribution in [2.45, 2.75) is 38.1 Å². The molecule has 0 aliphatic heterocycles. The van der Waals surface area contributed by atoms with Gasteiger partial charge in [0.2, 0.25) is 5.91 Å². The molecule has 4 nitrogen and oxygen atoms in total. The Labute approximate surface area is 118 Å². The number of nitrogens with two attached hydrogens (primary N) is 1. The SMILES string of the molecule is CC1CCCC(N)(C(=O)Nc2ccc3[nH]ccc3c2)C1. The van der Waals surface area contributed by atoms with Gasteiger partial charge in [0, 0.05) is 22.8 Å². The van der Waals surface area contributed by atoms with Crippen molar-refractivity contribution >= 4 is 22.5 Å². The average molecular weight is 271 g/mol. The fraction of sp³-hybridized carbons (Fsp3) is 0.438. The maximum Gasteiger partial charge on any atom is 0.244 e. The van der Waals surface area contributed by atoms with Crippen molar-refractivity contribution in [1.29, 1.82) is 0 Å². The molecule has 1 aliphatic rings. The Balaban J connectivity index is 1.77. The molecule has 2 unspecified atom stereocenters. The van der Waals surface area contributed by atoms with E-state index in [2.05, 4.69) is 17.2 Å². The predicted octanol–water partition coefficient (Wildman–Crippen LogP) is 3.01. The molecule has 1 heterocycles. The molecule has 1 aromatic carbocycles. The molecule has 2 atom stereocenters. The normalized spacial score (nSPS) is 26.6. The quantitative estimate of drug-likeness (QED) is 0.785. The highest BCUT2D eigenvalue weighted by molar-refractivity contribution is 5.99. The first kappa shape index (κ1) is 13.2. The lowest BCUT2D eigenvalue weighted by atomic mass is 9.76. The molecule has 0 spiro atoms. The van der Waals surface area contributed by atoms with Crippen molar-refractivity contribution in [3.05, 3.63) is 30.5 Å². The lowest BCUT2D eigenvalue weighted by Crippen LogP contribution is -2.53. The van der Waals surface area contributed by atoms with E-state index in [-0.39, 0.29) is 5.91 Å². The van der Waals surface area contributed by atoms with Crippen LogP contribution in [0.1, 0.15) is 32.6 Å². The third-order valence-electron chi connectivity index (χ3n) is 4.30. The predicted molar refractivity (Wildman–Crippen MR) is 81.5 cm³/mol. The van der Waals surface area contributed by atoms with Crippen LogP contribution in [0.2, 0.25) is 0 Å². The summed E-state index contributed by atoms with van der Waals surface area (Å²) in [5.74, 6) is 0.464. The molecule has 0 saturated heterocycles. The molecule has 1 aliphatic carbocycles. The largest absolute Gasteiger partial charge is 0.361 e. The highest BCUT2D eigenvalue weighted by Gasteiger charge is 2.37. The second-order valence-corrected chi connectivity index (χ2v) is 6.09. The maximum absolute atomic E-state index is 12.5. The van der Waals surface area contributed by atoms with Crippen LogP contribution in [0.3, 0.4) is 0 Å². The van der Waals surface area contributed by atoms with Crippen LogP contribution in [0, 0.1) is 5.92 Å². The van der Waals surface area contributed by atoms with Crippen LogP contribution in [-0.4, -0.2) is 16.4 Å². The van der Waals surface area contributed by atoms with Gasteiger partial charge in [-0.15, -0.1) is 0 Å². The number of hydrogen-bond acceptors (Lipinski definition) is 2. The molecule has 4 heteroatoms. The Bertz CT molecular complexity index is 633. The van der Waals surface area contributed by atoms with Gasteiger partial charge in [0.05, 0.1) is 5.54 Å². The smallest absolute Gasteiger partial charge is 0.244 e. The van der Waals surface area contributed by atoms with Crippen LogP contribution in [0.15, 0.2) is 30.5 Å². The number of amides is 1. The molecule has 4 N–H and O–H groups in total. The van der Waals surface area contributed by atoms with Crippen molar-refractivity contribution in [2.75, 3.05) is 5.32 Å². The summed E-state index contributed by atoms with van der Waals surface area (Å²) in [6.07, 6.45) is 5.63. The standard InChI is InChI=1S/C16H21N3O/c1-11-3-2-7-16(17,10-11)15(20)19-13-4-5-14-12(9-13)6-8-18-14/h4-6,8-9,11,18H,2-3,7,10,17H2,1H3,(H,19,20). The maximum atomic E-state index is 12.5. The monoisotopic (exact) mass is 271 g/mol. The number of aromatic nitrogens is 1. The molecule has 20 heavy (non-hydrogen) atoms. The number of benzene rings is 1. The second kappa shape index (κ2) is 4.94. The summed E-state index contributed by atoms with van der Waals surface area (Å²) in [7, 11) is 0. The number of hydrogen-bond donors (Lipinski definition) is 3. The van der Waals surface area contributed by atoms with Gasteiger partial charge in [0.25, 0.3) is 0 Å². The molecule has 0 bridgehead atoms. The Morgan fingerprint density at radius 1 is 1.45 bits per heavy atom. The number of carbonyl (C=O) groups is 1. The van der Waals surface area contributed by atoms with Crippen molar-refractivity contribution in [3.63, 3.8) is 0 Å². The van der Waals surface area contributed by atoms with E-state index in [9.17, 15) is 4.79 Å². The first-order valence-corrected chi connectivity index (χ1v) is 7.24. The van der Waals surface area contributed by atoms with Gasteiger partial charge in [-0.3, -0.25) is 4.79 Å². The molecule has 1 amide bonds. The van der Waals surface area contributed by atoms with E-state index >= 15 is 0 Å². The number of aromatic amines is 1. The summed E-state index contributed by atoms with van der Waals surface area (Å²) in [4.78, 5) is 15.6. The van der Waals surface area contributed by atoms with E-state index in [1.54, 1.807) is 0 Å². The zero-order valence-corrected chi connectivity index (χ0v) is 11.8. The van der Waals surface area contributed by atoms with Gasteiger partial charge in [-0.1, -0.05) is 19.8 Å². The van der Waals surface area contributed by atoms with Gasteiger partial charge in [0.1, 0.15) is 0 Å². The van der Waals surface area contributed by atoms with E-state index in [0.717, 1.165) is 35.9 Å². The lowest BCUT2D eigenvalue weighted by molar-refractivity contribution is -0.122. The van der Waals surface area contributed by atoms with E-state index in [4.69, 9.17) is 5.73 Å². The van der Waals surface area contributed by atoms with Crippen LogP contribution < -0.4 is 11.1 Å². The third-order valence-corrected chi connectivity index (χ3v) is 4.30. The van der Waals surface area contributed by atoms with Gasteiger partial charge in [-0.2, -0.15) is 0 Å². The summed E-state index contributed by atoms with van der Waals surface area (Å²) >= 11 is 0. The minimum atomic E-state index is -0.717. The van der Waals surface area contributed by atoms with E-state index in [1.807, 2.05) is 30.5 Å². The van der Waals surface area contributed by atoms with Gasteiger partial charge in [-0.05, 0) is 43.0 Å². The molecular weight excluding hydrogens is 250 g/mol. The number of anilines is 1. The Morgan fingerprint density at radius 3 is 3.10 bits per heavy atom. The van der Waals surface area contributed by atoms with Crippen LogP contribution in [0.5, 0.6) is 0 Å². The zero-order valence-electron chi connectivity index (χ0n) is 11.8. The van der Waals surface area contributed by atoms with Crippen LogP contribution in [0.4, 0.5) is 5.69 Å². The number of H-pyrrole nitrogens is 1. The number of carbonyl (C=O) groups excluding carboxylic acids is 1. The van der Waals surface area contributed by atoms with E-state index < -0.39 is 5.54 Å².